The summed E-state index contributed by atoms with van der Waals surface area (Å²) in [6, 6.07) is 0. The fraction of sp³-hybridized carbons (Fsp3) is 0. The van der Waals surface area contributed by atoms with Crippen molar-refractivity contribution >= 4 is 6.29 Å². The first-order chi connectivity index (χ1) is 1.91. The van der Waals surface area contributed by atoms with Gasteiger partial charge in [0.05, 0.1) is 0 Å². The van der Waals surface area contributed by atoms with Gasteiger partial charge in [0.2, 0.25) is 0 Å². The minimum absolute atomic E-state index is 0. The molecule has 0 rings (SSSR count). The molecule has 1 nitrogen and oxygen atoms in total. The number of hydrogen-bond donors (Lipinski definition) is 0. The zero-order valence-corrected chi connectivity index (χ0v) is 7.70. The SMILES string of the molecule is C=C[C-]=O.[Mo].[Re]. The molecule has 0 amide bonds. The first-order valence-corrected chi connectivity index (χ1v) is 0.901. The summed E-state index contributed by atoms with van der Waals surface area (Å²) >= 11 is 0. The molecule has 0 N–H and O–H groups in total. The fourth-order valence-electron chi connectivity index (χ4n) is 0. The van der Waals surface area contributed by atoms with Gasteiger partial charge in [0.1, 0.15) is 0 Å². The van der Waals surface area contributed by atoms with Crippen LogP contribution in [0, 0.1) is 0 Å². The number of carbonyl (C=O) groups excluding carboxylic acids is 1. The van der Waals surface area contributed by atoms with E-state index in [2.05, 4.69) is 6.58 Å². The quantitative estimate of drug-likeness (QED) is 0.382. The molecule has 3 heteroatoms. The van der Waals surface area contributed by atoms with E-state index in [1.165, 1.54) is 6.29 Å². The van der Waals surface area contributed by atoms with Gasteiger partial charge in [-0.2, -0.15) is 0 Å². The molecule has 0 fully saturated rings. The van der Waals surface area contributed by atoms with Gasteiger partial charge in [0.25, 0.3) is 0 Å². The largest absolute Gasteiger partial charge is 0.419 e. The molecule has 0 aliphatic carbocycles. The molecule has 0 heterocycles. The second kappa shape index (κ2) is 17.1. The van der Waals surface area contributed by atoms with Crippen molar-refractivity contribution in [2.24, 2.45) is 0 Å². The third-order valence-electron chi connectivity index (χ3n) is 0.0833. The van der Waals surface area contributed by atoms with Crippen LogP contribution in [0.4, 0.5) is 0 Å². The molecule has 6 heavy (non-hydrogen) atoms. The van der Waals surface area contributed by atoms with Crippen molar-refractivity contribution in [3.63, 3.8) is 0 Å². The summed E-state index contributed by atoms with van der Waals surface area (Å²) in [5, 5.41) is 0. The van der Waals surface area contributed by atoms with Gasteiger partial charge >= 0.3 is 0 Å². The second-order valence-electron chi connectivity index (χ2n) is 0.322. The van der Waals surface area contributed by atoms with Gasteiger partial charge in [-0.25, -0.2) is 12.7 Å². The summed E-state index contributed by atoms with van der Waals surface area (Å²) < 4.78 is 0. The molecule has 0 aliphatic rings. The van der Waals surface area contributed by atoms with E-state index >= 15 is 0 Å². The van der Waals surface area contributed by atoms with Gasteiger partial charge in [-0.1, -0.05) is 0 Å². The molecular formula is C3H3MoORe-. The summed E-state index contributed by atoms with van der Waals surface area (Å²) in [6.45, 7) is 3.06. The van der Waals surface area contributed by atoms with E-state index in [0.29, 0.717) is 0 Å². The van der Waals surface area contributed by atoms with Crippen LogP contribution in [0.1, 0.15) is 0 Å². The van der Waals surface area contributed by atoms with Crippen molar-refractivity contribution in [3.8, 4) is 0 Å². The molecule has 0 aliphatic heterocycles. The molecule has 35 valence electrons. The monoisotopic (exact) mass is 340 g/mol. The van der Waals surface area contributed by atoms with E-state index in [4.69, 9.17) is 4.79 Å². The van der Waals surface area contributed by atoms with Crippen LogP contribution < -0.4 is 0 Å². The van der Waals surface area contributed by atoms with E-state index in [1.807, 2.05) is 0 Å². The van der Waals surface area contributed by atoms with Gasteiger partial charge in [-0.3, -0.25) is 0 Å². The standard InChI is InChI=1S/C3H3O.Mo.Re/c1-2-3-4;;/h2H,1H2;;/q-1;;. The maximum Gasteiger partial charge on any atom is 0 e. The normalized spacial score (nSPS) is 3.33. The number of rotatable bonds is 1. The van der Waals surface area contributed by atoms with E-state index < -0.39 is 0 Å². The van der Waals surface area contributed by atoms with Gasteiger partial charge in [0.15, 0.2) is 0 Å². The van der Waals surface area contributed by atoms with Gasteiger partial charge < -0.3 is 4.79 Å². The Morgan fingerprint density at radius 2 is 1.83 bits per heavy atom. The van der Waals surface area contributed by atoms with Crippen LogP contribution in [0.25, 0.3) is 0 Å². The smallest absolute Gasteiger partial charge is 0 e. The van der Waals surface area contributed by atoms with Crippen molar-refractivity contribution in [2.75, 3.05) is 0 Å². The minimum Gasteiger partial charge on any atom is -0.419 e. The minimum atomic E-state index is 0. The molecule has 0 bridgehead atoms. The second-order valence-corrected chi connectivity index (χ2v) is 0.322. The molecule has 0 aromatic carbocycles. The molecule has 0 saturated carbocycles. The van der Waals surface area contributed by atoms with Crippen LogP contribution >= 0.6 is 0 Å². The molecule has 0 aromatic rings. The van der Waals surface area contributed by atoms with Gasteiger partial charge in [-0.15, -0.1) is 0 Å². The first kappa shape index (κ1) is 15.9. The Morgan fingerprint density at radius 3 is 1.83 bits per heavy atom. The molecule has 0 spiro atoms. The Balaban J connectivity index is -0.0000000450. The van der Waals surface area contributed by atoms with Crippen molar-refractivity contribution in [1.29, 1.82) is 0 Å². The maximum atomic E-state index is 8.93. The number of hydrogen-bond acceptors (Lipinski definition) is 1. The van der Waals surface area contributed by atoms with Crippen LogP contribution in [0.2, 0.25) is 0 Å². The van der Waals surface area contributed by atoms with E-state index in [1.54, 1.807) is 0 Å². The predicted octanol–water partition coefficient (Wildman–Crippen LogP) is 0.277. The summed E-state index contributed by atoms with van der Waals surface area (Å²) in [5.41, 5.74) is 0. The fourth-order valence-corrected chi connectivity index (χ4v) is 0. The summed E-state index contributed by atoms with van der Waals surface area (Å²) in [5.74, 6) is 0. The van der Waals surface area contributed by atoms with Crippen molar-refractivity contribution in [2.45, 2.75) is 0 Å². The van der Waals surface area contributed by atoms with E-state index in [-0.39, 0.29) is 41.5 Å². The third-order valence-corrected chi connectivity index (χ3v) is 0.0833. The molecule has 0 saturated heterocycles. The average molecular weight is 337 g/mol. The maximum absolute atomic E-state index is 8.93. The Morgan fingerprint density at radius 1 is 1.67 bits per heavy atom. The molecule has 0 unspecified atom stereocenters. The number of allylic oxidation sites excluding steroid dienone is 1. The van der Waals surface area contributed by atoms with E-state index in [9.17, 15) is 0 Å². The zero-order chi connectivity index (χ0) is 3.41. The zero-order valence-electron chi connectivity index (χ0n) is 2.98. The van der Waals surface area contributed by atoms with Crippen LogP contribution in [0.5, 0.6) is 0 Å². The Kier molecular flexibility index (Phi) is 45.3. The first-order valence-electron chi connectivity index (χ1n) is 0.901. The predicted molar refractivity (Wildman–Crippen MR) is 15.9 cm³/mol. The van der Waals surface area contributed by atoms with E-state index in [0.717, 1.165) is 6.08 Å². The van der Waals surface area contributed by atoms with Crippen LogP contribution in [0.3, 0.4) is 0 Å². The van der Waals surface area contributed by atoms with Crippen molar-refractivity contribution in [1.82, 2.24) is 0 Å². The average Bonchev–Trinajstić information content (AvgIpc) is 1.37. The Hall–Kier alpha value is 0.761. The molecular weight excluding hydrogens is 334 g/mol. The molecule has 0 atom stereocenters. The molecule has 0 aromatic heterocycles. The topological polar surface area (TPSA) is 17.1 Å². The summed E-state index contributed by atoms with van der Waals surface area (Å²) in [4.78, 5) is 8.93. The van der Waals surface area contributed by atoms with Crippen molar-refractivity contribution in [3.05, 3.63) is 12.7 Å². The van der Waals surface area contributed by atoms with Crippen LogP contribution in [-0.4, -0.2) is 6.29 Å². The Bertz CT molecular complexity index is 31.8. The Labute approximate surface area is 65.1 Å². The third kappa shape index (κ3) is 21.7. The summed E-state index contributed by atoms with van der Waals surface area (Å²) in [6.07, 6.45) is 2.51. The van der Waals surface area contributed by atoms with Crippen molar-refractivity contribution < 1.29 is 46.3 Å². The summed E-state index contributed by atoms with van der Waals surface area (Å²) in [7, 11) is 0. The molecule has 1 radical (unpaired) electrons. The van der Waals surface area contributed by atoms with Crippen LogP contribution in [0.15, 0.2) is 12.7 Å². The van der Waals surface area contributed by atoms with Crippen LogP contribution in [-0.2, 0) is 46.3 Å². The van der Waals surface area contributed by atoms with Gasteiger partial charge in [-0.05, 0) is 6.29 Å². The van der Waals surface area contributed by atoms with Gasteiger partial charge in [0, 0.05) is 41.5 Å².